The van der Waals surface area contributed by atoms with Crippen LogP contribution in [0.4, 0.5) is 0 Å². The van der Waals surface area contributed by atoms with Crippen LogP contribution in [-0.4, -0.2) is 31.1 Å². The Bertz CT molecular complexity index is 1100. The van der Waals surface area contributed by atoms with Gasteiger partial charge < -0.3 is 23.7 Å². The molecule has 1 aromatic heterocycles. The molecule has 0 aliphatic carbocycles. The zero-order valence-electron chi connectivity index (χ0n) is 15.3. The van der Waals surface area contributed by atoms with E-state index in [9.17, 15) is 14.7 Å². The molecule has 0 fully saturated rings. The minimum absolute atomic E-state index is 0.0990. The molecule has 0 unspecified atom stereocenters. The molecule has 2 aromatic carbocycles. The van der Waals surface area contributed by atoms with Crippen molar-refractivity contribution in [2.45, 2.75) is 18.1 Å². The lowest BCUT2D eigenvalue weighted by Crippen LogP contribution is -2.50. The number of fused-ring (bicyclic) bond motifs is 3. The maximum absolute atomic E-state index is 12.8. The molecule has 0 saturated carbocycles. The molecule has 1 aliphatic heterocycles. The van der Waals surface area contributed by atoms with E-state index in [1.54, 1.807) is 18.2 Å². The van der Waals surface area contributed by atoms with Crippen LogP contribution >= 0.6 is 0 Å². The number of hydrogen-bond donors (Lipinski definition) is 1. The van der Waals surface area contributed by atoms with E-state index in [0.29, 0.717) is 11.1 Å². The van der Waals surface area contributed by atoms with Gasteiger partial charge in [0.05, 0.1) is 25.2 Å². The van der Waals surface area contributed by atoms with Crippen molar-refractivity contribution in [1.29, 1.82) is 0 Å². The van der Waals surface area contributed by atoms with Crippen LogP contribution in [-0.2, 0) is 9.53 Å². The van der Waals surface area contributed by atoms with E-state index in [1.807, 2.05) is 30.3 Å². The smallest absolute Gasteiger partial charge is 0.379 e. The van der Waals surface area contributed by atoms with Gasteiger partial charge in [0, 0.05) is 18.4 Å². The Morgan fingerprint density at radius 1 is 1.18 bits per heavy atom. The summed E-state index contributed by atoms with van der Waals surface area (Å²) in [6.45, 7) is 0. The van der Waals surface area contributed by atoms with Gasteiger partial charge in [0.1, 0.15) is 17.1 Å². The molecule has 2 heterocycles. The van der Waals surface area contributed by atoms with Crippen LogP contribution in [0.15, 0.2) is 57.7 Å². The fourth-order valence-electron chi connectivity index (χ4n) is 3.55. The molecule has 0 bridgehead atoms. The van der Waals surface area contributed by atoms with E-state index < -0.39 is 23.3 Å². The molecule has 0 saturated heterocycles. The third-order valence-electron chi connectivity index (χ3n) is 4.91. The fourth-order valence-corrected chi connectivity index (χ4v) is 3.55. The highest BCUT2D eigenvalue weighted by Gasteiger charge is 2.49. The van der Waals surface area contributed by atoms with E-state index in [1.165, 1.54) is 14.2 Å². The molecule has 28 heavy (non-hydrogen) atoms. The second-order valence-corrected chi connectivity index (χ2v) is 6.54. The lowest BCUT2D eigenvalue weighted by Gasteiger charge is -2.36. The second kappa shape index (κ2) is 6.69. The number of aliphatic hydroxyl groups is 1. The Hall–Kier alpha value is -3.32. The van der Waals surface area contributed by atoms with E-state index >= 15 is 0 Å². The number of ether oxygens (including phenoxy) is 3. The van der Waals surface area contributed by atoms with Gasteiger partial charge in [-0.2, -0.15) is 0 Å². The van der Waals surface area contributed by atoms with Crippen LogP contribution in [0.3, 0.4) is 0 Å². The van der Waals surface area contributed by atoms with Gasteiger partial charge in [-0.1, -0.05) is 30.3 Å². The Morgan fingerprint density at radius 3 is 2.61 bits per heavy atom. The molecule has 3 aromatic rings. The second-order valence-electron chi connectivity index (χ2n) is 6.54. The normalized spacial score (nSPS) is 20.9. The molecule has 2 atom stereocenters. The summed E-state index contributed by atoms with van der Waals surface area (Å²) >= 11 is 0. The van der Waals surface area contributed by atoms with Crippen molar-refractivity contribution in [3.05, 3.63) is 70.1 Å². The van der Waals surface area contributed by atoms with Crippen LogP contribution < -0.4 is 15.1 Å². The predicted molar refractivity (Wildman–Crippen MR) is 99.5 cm³/mol. The molecule has 0 radical (unpaired) electrons. The summed E-state index contributed by atoms with van der Waals surface area (Å²) in [5.41, 5.74) is 0.618. The van der Waals surface area contributed by atoms with Crippen molar-refractivity contribution in [2.75, 3.05) is 14.2 Å². The SMILES string of the molecule is COC(=O)[C@@]1(O)C[C@H](c2ccccc2)c2c(c3ccc(OC)cc3oc2=O)O1. The molecular weight excluding hydrogens is 364 g/mol. The predicted octanol–water partition coefficient (Wildman–Crippen LogP) is 2.58. The standard InChI is InChI=1S/C21H18O7/c1-25-13-8-9-14-16(10-13)27-19(22)17-15(12-6-4-3-5-7-12)11-21(24,20(23)26-2)28-18(14)17/h3-10,15,24H,11H2,1-2H3/t15-,21-/m1/s1. The molecule has 7 heteroatoms. The first-order valence-electron chi connectivity index (χ1n) is 8.66. The molecule has 1 N–H and O–H groups in total. The molecule has 0 spiro atoms. The monoisotopic (exact) mass is 382 g/mol. The van der Waals surface area contributed by atoms with Gasteiger partial charge in [-0.15, -0.1) is 0 Å². The van der Waals surface area contributed by atoms with Gasteiger partial charge in [0.25, 0.3) is 0 Å². The van der Waals surface area contributed by atoms with Crippen molar-refractivity contribution in [3.8, 4) is 11.5 Å². The Kier molecular flexibility index (Phi) is 4.31. The summed E-state index contributed by atoms with van der Waals surface area (Å²) < 4.78 is 21.1. The highest BCUT2D eigenvalue weighted by molar-refractivity contribution is 5.88. The number of hydrogen-bond acceptors (Lipinski definition) is 7. The van der Waals surface area contributed by atoms with E-state index in [2.05, 4.69) is 0 Å². The number of benzene rings is 2. The first-order valence-corrected chi connectivity index (χ1v) is 8.66. The molecule has 7 nitrogen and oxygen atoms in total. The quantitative estimate of drug-likeness (QED) is 0.549. The van der Waals surface area contributed by atoms with Crippen molar-refractivity contribution < 1.29 is 28.5 Å². The van der Waals surface area contributed by atoms with Crippen LogP contribution in [0.2, 0.25) is 0 Å². The van der Waals surface area contributed by atoms with Crippen molar-refractivity contribution >= 4 is 16.9 Å². The number of rotatable bonds is 3. The first-order chi connectivity index (χ1) is 13.5. The fraction of sp³-hybridized carbons (Fsp3) is 0.238. The van der Waals surface area contributed by atoms with Crippen LogP contribution in [0.25, 0.3) is 11.0 Å². The minimum atomic E-state index is -2.23. The van der Waals surface area contributed by atoms with E-state index in [-0.39, 0.29) is 23.3 Å². The maximum atomic E-state index is 12.8. The topological polar surface area (TPSA) is 95.2 Å². The number of carbonyl (C=O) groups is 1. The summed E-state index contributed by atoms with van der Waals surface area (Å²) in [5, 5.41) is 11.4. The van der Waals surface area contributed by atoms with Gasteiger partial charge in [-0.3, -0.25) is 0 Å². The van der Waals surface area contributed by atoms with Crippen LogP contribution in [0.5, 0.6) is 11.5 Å². The molecular formula is C21H18O7. The first kappa shape index (κ1) is 18.1. The van der Waals surface area contributed by atoms with Crippen LogP contribution in [0.1, 0.15) is 23.5 Å². The summed E-state index contributed by atoms with van der Waals surface area (Å²) in [5.74, 6) is -3.19. The van der Waals surface area contributed by atoms with Gasteiger partial charge >= 0.3 is 17.4 Å². The van der Waals surface area contributed by atoms with E-state index in [4.69, 9.17) is 18.6 Å². The zero-order valence-corrected chi connectivity index (χ0v) is 15.3. The Morgan fingerprint density at radius 2 is 1.93 bits per heavy atom. The number of carbonyl (C=O) groups excluding carboxylic acids is 1. The van der Waals surface area contributed by atoms with Crippen LogP contribution in [0, 0.1) is 0 Å². The van der Waals surface area contributed by atoms with E-state index in [0.717, 1.165) is 5.56 Å². The summed E-state index contributed by atoms with van der Waals surface area (Å²) in [6, 6.07) is 14.0. The lowest BCUT2D eigenvalue weighted by atomic mass is 9.83. The Balaban J connectivity index is 2.01. The lowest BCUT2D eigenvalue weighted by molar-refractivity contribution is -0.202. The largest absolute Gasteiger partial charge is 0.497 e. The van der Waals surface area contributed by atoms with Crippen molar-refractivity contribution in [3.63, 3.8) is 0 Å². The maximum Gasteiger partial charge on any atom is 0.379 e. The minimum Gasteiger partial charge on any atom is -0.497 e. The van der Waals surface area contributed by atoms with Crippen molar-refractivity contribution in [1.82, 2.24) is 0 Å². The number of methoxy groups -OCH3 is 2. The molecule has 1 aliphatic rings. The van der Waals surface area contributed by atoms with Gasteiger partial charge in [-0.25, -0.2) is 9.59 Å². The molecule has 144 valence electrons. The molecule has 4 rings (SSSR count). The average molecular weight is 382 g/mol. The van der Waals surface area contributed by atoms with Gasteiger partial charge in [0.2, 0.25) is 0 Å². The summed E-state index contributed by atoms with van der Waals surface area (Å²) in [7, 11) is 2.66. The highest BCUT2D eigenvalue weighted by atomic mass is 16.7. The van der Waals surface area contributed by atoms with Gasteiger partial charge in [-0.05, 0) is 17.7 Å². The highest BCUT2D eigenvalue weighted by Crippen LogP contribution is 2.45. The number of esters is 1. The zero-order chi connectivity index (χ0) is 19.9. The van der Waals surface area contributed by atoms with Gasteiger partial charge in [0.15, 0.2) is 0 Å². The third kappa shape index (κ3) is 2.80. The Labute approximate surface area is 160 Å². The summed E-state index contributed by atoms with van der Waals surface area (Å²) in [6.07, 6.45) is -0.177. The summed E-state index contributed by atoms with van der Waals surface area (Å²) in [4.78, 5) is 25.1. The van der Waals surface area contributed by atoms with Crippen molar-refractivity contribution in [2.24, 2.45) is 0 Å². The third-order valence-corrected chi connectivity index (χ3v) is 4.91. The average Bonchev–Trinajstić information content (AvgIpc) is 2.72. The molecule has 0 amide bonds.